The highest BCUT2D eigenvalue weighted by Gasteiger charge is 2.38. The van der Waals surface area contributed by atoms with Crippen LogP contribution >= 0.6 is 0 Å². The fourth-order valence-corrected chi connectivity index (χ4v) is 4.08. The van der Waals surface area contributed by atoms with Gasteiger partial charge in [-0.1, -0.05) is 0 Å². The van der Waals surface area contributed by atoms with Crippen LogP contribution in [-0.2, 0) is 10.9 Å². The first-order valence-electron chi connectivity index (χ1n) is 9.77. The van der Waals surface area contributed by atoms with Gasteiger partial charge in [0.05, 0.1) is 30.5 Å². The van der Waals surface area contributed by atoms with Crippen LogP contribution in [0.3, 0.4) is 0 Å². The van der Waals surface area contributed by atoms with E-state index in [0.717, 1.165) is 38.2 Å². The van der Waals surface area contributed by atoms with Gasteiger partial charge in [0.2, 0.25) is 0 Å². The Balaban J connectivity index is 1.48. The number of hydrogen-bond donors (Lipinski definition) is 1. The van der Waals surface area contributed by atoms with Gasteiger partial charge in [0.1, 0.15) is 5.65 Å². The number of likely N-dealkylation sites (tertiary alicyclic amines) is 1. The first kappa shape index (κ1) is 18.6. The van der Waals surface area contributed by atoms with Crippen molar-refractivity contribution in [2.45, 2.75) is 38.0 Å². The number of pyridine rings is 1. The molecule has 29 heavy (non-hydrogen) atoms. The number of H-pyrrole nitrogens is 1. The molecule has 9 heteroatoms. The molecular weight excluding hydrogens is 383 g/mol. The molecule has 1 N–H and O–H groups in total. The van der Waals surface area contributed by atoms with Gasteiger partial charge in [-0.2, -0.15) is 18.3 Å². The summed E-state index contributed by atoms with van der Waals surface area (Å²) < 4.78 is 47.1. The molecule has 5 rings (SSSR count). The fourth-order valence-electron chi connectivity index (χ4n) is 4.08. The number of nitrogens with zero attached hydrogens (tertiary/aromatic N) is 4. The molecule has 0 atom stereocenters. The Morgan fingerprint density at radius 3 is 2.59 bits per heavy atom. The topological polar surface area (TPSA) is 59.0 Å². The highest BCUT2D eigenvalue weighted by atomic mass is 19.4. The zero-order valence-corrected chi connectivity index (χ0v) is 16.2. The number of alkyl halides is 3. The number of aromatic nitrogens is 4. The SMILES string of the molecule is CC(C)n1nc(-c2cnc3[nH]cc(C(F)(F)F)c3c2)cc1C1CN(C2COC2)C1. The fraction of sp³-hybridized carbons (Fsp3) is 0.500. The highest BCUT2D eigenvalue weighted by molar-refractivity contribution is 5.84. The van der Waals surface area contributed by atoms with Crippen LogP contribution in [0.5, 0.6) is 0 Å². The first-order valence-corrected chi connectivity index (χ1v) is 9.77. The molecule has 0 unspecified atom stereocenters. The number of ether oxygens (including phenoxy) is 1. The zero-order chi connectivity index (χ0) is 20.3. The van der Waals surface area contributed by atoms with Crippen LogP contribution in [0.25, 0.3) is 22.3 Å². The molecule has 0 amide bonds. The quantitative estimate of drug-likeness (QED) is 0.717. The second kappa shape index (κ2) is 6.56. The summed E-state index contributed by atoms with van der Waals surface area (Å²) in [7, 11) is 0. The number of halogens is 3. The average molecular weight is 405 g/mol. The Hall–Kier alpha value is -2.39. The minimum atomic E-state index is -4.43. The van der Waals surface area contributed by atoms with Crippen molar-refractivity contribution in [1.82, 2.24) is 24.6 Å². The lowest BCUT2D eigenvalue weighted by atomic mass is 9.92. The Morgan fingerprint density at radius 1 is 1.21 bits per heavy atom. The second-order valence-corrected chi connectivity index (χ2v) is 8.16. The van der Waals surface area contributed by atoms with E-state index in [-0.39, 0.29) is 17.1 Å². The van der Waals surface area contributed by atoms with E-state index in [2.05, 4.69) is 28.7 Å². The second-order valence-electron chi connectivity index (χ2n) is 8.16. The monoisotopic (exact) mass is 405 g/mol. The maximum Gasteiger partial charge on any atom is 0.418 e. The lowest BCUT2D eigenvalue weighted by Crippen LogP contribution is -2.58. The third-order valence-electron chi connectivity index (χ3n) is 5.85. The molecule has 2 aliphatic heterocycles. The Labute approximate surface area is 165 Å². The Bertz CT molecular complexity index is 1040. The smallest absolute Gasteiger partial charge is 0.378 e. The third-order valence-corrected chi connectivity index (χ3v) is 5.85. The van der Waals surface area contributed by atoms with E-state index < -0.39 is 11.7 Å². The van der Waals surface area contributed by atoms with Crippen molar-refractivity contribution in [3.05, 3.63) is 35.8 Å². The van der Waals surface area contributed by atoms with Gasteiger partial charge in [0.25, 0.3) is 0 Å². The van der Waals surface area contributed by atoms with Gasteiger partial charge in [-0.15, -0.1) is 0 Å². The maximum absolute atomic E-state index is 13.3. The molecule has 154 valence electrons. The van der Waals surface area contributed by atoms with Gasteiger partial charge in [0, 0.05) is 54.1 Å². The molecule has 2 fully saturated rings. The normalized spacial score (nSPS) is 19.1. The standard InChI is InChI=1S/C20H22F3N5O/c1-11(2)28-18(13-7-27(8-13)14-9-29-10-14)4-17(26-28)12-3-15-16(20(21,22)23)6-25-19(15)24-5-12/h3-6,11,13-14H,7-10H2,1-2H3,(H,24,25). The van der Waals surface area contributed by atoms with E-state index in [0.29, 0.717) is 23.2 Å². The van der Waals surface area contributed by atoms with Gasteiger partial charge < -0.3 is 9.72 Å². The molecular formula is C20H22F3N5O. The molecule has 0 aliphatic carbocycles. The van der Waals surface area contributed by atoms with Crippen LogP contribution in [0.2, 0.25) is 0 Å². The number of aromatic amines is 1. The molecule has 2 saturated heterocycles. The Morgan fingerprint density at radius 2 is 1.97 bits per heavy atom. The molecule has 0 saturated carbocycles. The van der Waals surface area contributed by atoms with E-state index in [1.165, 1.54) is 6.07 Å². The average Bonchev–Trinajstić information content (AvgIpc) is 3.19. The molecule has 5 heterocycles. The predicted molar refractivity (Wildman–Crippen MR) is 102 cm³/mol. The zero-order valence-electron chi connectivity index (χ0n) is 16.2. The summed E-state index contributed by atoms with van der Waals surface area (Å²) in [6, 6.07) is 4.20. The van der Waals surface area contributed by atoms with Gasteiger partial charge >= 0.3 is 6.18 Å². The van der Waals surface area contributed by atoms with E-state index in [9.17, 15) is 13.2 Å². The lowest BCUT2D eigenvalue weighted by Gasteiger charge is -2.47. The van der Waals surface area contributed by atoms with Gasteiger partial charge in [-0.05, 0) is 26.0 Å². The van der Waals surface area contributed by atoms with Crippen molar-refractivity contribution in [1.29, 1.82) is 0 Å². The van der Waals surface area contributed by atoms with E-state index in [1.807, 2.05) is 10.7 Å². The minimum absolute atomic E-state index is 0.0652. The molecule has 2 aliphatic rings. The minimum Gasteiger partial charge on any atom is -0.378 e. The summed E-state index contributed by atoms with van der Waals surface area (Å²) in [5.74, 6) is 0.369. The molecule has 6 nitrogen and oxygen atoms in total. The van der Waals surface area contributed by atoms with Crippen molar-refractivity contribution in [3.8, 4) is 11.3 Å². The van der Waals surface area contributed by atoms with Crippen LogP contribution in [0.4, 0.5) is 13.2 Å². The van der Waals surface area contributed by atoms with Crippen LogP contribution in [0.1, 0.15) is 37.1 Å². The van der Waals surface area contributed by atoms with E-state index in [1.54, 1.807) is 6.20 Å². The summed E-state index contributed by atoms with van der Waals surface area (Å²) in [6.45, 7) is 7.63. The maximum atomic E-state index is 13.3. The summed E-state index contributed by atoms with van der Waals surface area (Å²) in [4.78, 5) is 9.19. The predicted octanol–water partition coefficient (Wildman–Crippen LogP) is 3.82. The van der Waals surface area contributed by atoms with Crippen molar-refractivity contribution < 1.29 is 17.9 Å². The number of hydrogen-bond acceptors (Lipinski definition) is 4. The van der Waals surface area contributed by atoms with Crippen LogP contribution in [0, 0.1) is 0 Å². The molecule has 3 aromatic rings. The van der Waals surface area contributed by atoms with E-state index in [4.69, 9.17) is 9.84 Å². The summed E-state index contributed by atoms with van der Waals surface area (Å²) in [6.07, 6.45) is -1.89. The van der Waals surface area contributed by atoms with Crippen molar-refractivity contribution in [2.24, 2.45) is 0 Å². The summed E-state index contributed by atoms with van der Waals surface area (Å²) in [5.41, 5.74) is 1.89. The van der Waals surface area contributed by atoms with Crippen LogP contribution in [0.15, 0.2) is 24.5 Å². The molecule has 3 aromatic heterocycles. The van der Waals surface area contributed by atoms with Crippen LogP contribution in [-0.4, -0.2) is 57.0 Å². The Kier molecular flexibility index (Phi) is 4.22. The van der Waals surface area contributed by atoms with Gasteiger partial charge in [0.15, 0.2) is 0 Å². The van der Waals surface area contributed by atoms with Crippen molar-refractivity contribution in [3.63, 3.8) is 0 Å². The van der Waals surface area contributed by atoms with Gasteiger partial charge in [-0.3, -0.25) is 9.58 Å². The first-order chi connectivity index (χ1) is 13.8. The highest BCUT2D eigenvalue weighted by Crippen LogP contribution is 2.37. The number of fused-ring (bicyclic) bond motifs is 1. The van der Waals surface area contributed by atoms with Crippen LogP contribution < -0.4 is 0 Å². The molecule has 0 spiro atoms. The van der Waals surface area contributed by atoms with Crippen molar-refractivity contribution in [2.75, 3.05) is 26.3 Å². The number of rotatable bonds is 4. The van der Waals surface area contributed by atoms with Gasteiger partial charge in [-0.25, -0.2) is 4.98 Å². The van der Waals surface area contributed by atoms with Crippen molar-refractivity contribution >= 4 is 11.0 Å². The summed E-state index contributed by atoms with van der Waals surface area (Å²) in [5, 5.41) is 4.78. The lowest BCUT2D eigenvalue weighted by molar-refractivity contribution is -0.136. The molecule has 0 radical (unpaired) electrons. The van der Waals surface area contributed by atoms with E-state index >= 15 is 0 Å². The third kappa shape index (κ3) is 3.12. The number of nitrogens with one attached hydrogen (secondary N) is 1. The largest absolute Gasteiger partial charge is 0.418 e. The molecule has 0 aromatic carbocycles. The summed E-state index contributed by atoms with van der Waals surface area (Å²) >= 11 is 0. The molecule has 0 bridgehead atoms.